The number of benzene rings is 1. The lowest BCUT2D eigenvalue weighted by molar-refractivity contribution is -0.122. The fourth-order valence-corrected chi connectivity index (χ4v) is 1.93. The average molecular weight is 278 g/mol. The molecule has 1 unspecified atom stereocenters. The first-order valence-electron chi connectivity index (χ1n) is 7.14. The molecule has 1 aromatic carbocycles. The van der Waals surface area contributed by atoms with Crippen LogP contribution in [0.2, 0.25) is 0 Å². The number of carbonyl (C=O) groups excluding carboxylic acids is 1. The highest BCUT2D eigenvalue weighted by Crippen LogP contribution is 2.26. The SMILES string of the molecule is CNC(C)c1ccc(C)cc1OCCC(=O)NC(C)C. The van der Waals surface area contributed by atoms with Crippen LogP contribution in [0, 0.1) is 6.92 Å². The predicted octanol–water partition coefficient (Wildman–Crippen LogP) is 2.57. The van der Waals surface area contributed by atoms with Gasteiger partial charge in [-0.1, -0.05) is 12.1 Å². The van der Waals surface area contributed by atoms with Crippen LogP contribution in [-0.2, 0) is 4.79 Å². The van der Waals surface area contributed by atoms with Gasteiger partial charge in [0.1, 0.15) is 5.75 Å². The first-order chi connectivity index (χ1) is 9.43. The van der Waals surface area contributed by atoms with Gasteiger partial charge in [-0.2, -0.15) is 0 Å². The summed E-state index contributed by atoms with van der Waals surface area (Å²) in [6, 6.07) is 6.54. The van der Waals surface area contributed by atoms with E-state index in [2.05, 4.69) is 29.7 Å². The summed E-state index contributed by atoms with van der Waals surface area (Å²) in [5, 5.41) is 6.06. The summed E-state index contributed by atoms with van der Waals surface area (Å²) in [5.41, 5.74) is 2.26. The zero-order valence-electron chi connectivity index (χ0n) is 13.1. The highest BCUT2D eigenvalue weighted by molar-refractivity contribution is 5.76. The van der Waals surface area contributed by atoms with E-state index in [4.69, 9.17) is 4.74 Å². The third-order valence-electron chi connectivity index (χ3n) is 3.10. The molecular weight excluding hydrogens is 252 g/mol. The van der Waals surface area contributed by atoms with E-state index in [0.29, 0.717) is 13.0 Å². The summed E-state index contributed by atoms with van der Waals surface area (Å²) in [7, 11) is 1.92. The third kappa shape index (κ3) is 5.21. The molecule has 4 nitrogen and oxygen atoms in total. The molecule has 1 atom stereocenters. The van der Waals surface area contributed by atoms with Crippen molar-refractivity contribution >= 4 is 5.91 Å². The van der Waals surface area contributed by atoms with Gasteiger partial charge in [0.2, 0.25) is 5.91 Å². The fourth-order valence-electron chi connectivity index (χ4n) is 1.93. The van der Waals surface area contributed by atoms with Crippen molar-refractivity contribution in [1.29, 1.82) is 0 Å². The lowest BCUT2D eigenvalue weighted by Gasteiger charge is -2.17. The monoisotopic (exact) mass is 278 g/mol. The molecule has 0 radical (unpaired) electrons. The Bertz CT molecular complexity index is 444. The van der Waals surface area contributed by atoms with Crippen LogP contribution in [0.1, 0.15) is 44.4 Å². The molecule has 0 aromatic heterocycles. The molecule has 1 rings (SSSR count). The van der Waals surface area contributed by atoms with E-state index in [9.17, 15) is 4.79 Å². The zero-order chi connectivity index (χ0) is 15.1. The molecule has 0 saturated carbocycles. The molecule has 0 aliphatic heterocycles. The van der Waals surface area contributed by atoms with Crippen molar-refractivity contribution < 1.29 is 9.53 Å². The number of amides is 1. The number of ether oxygens (including phenoxy) is 1. The second kappa shape index (κ2) is 7.90. The molecule has 0 fully saturated rings. The molecular formula is C16H26N2O2. The number of nitrogens with one attached hydrogen (secondary N) is 2. The Labute approximate surface area is 121 Å². The van der Waals surface area contributed by atoms with E-state index in [-0.39, 0.29) is 18.0 Å². The summed E-state index contributed by atoms with van der Waals surface area (Å²) in [6.07, 6.45) is 0.375. The number of aryl methyl sites for hydroxylation is 1. The minimum Gasteiger partial charge on any atom is -0.493 e. The van der Waals surface area contributed by atoms with E-state index in [1.807, 2.05) is 33.9 Å². The summed E-state index contributed by atoms with van der Waals surface area (Å²) in [6.45, 7) is 8.42. The van der Waals surface area contributed by atoms with Crippen molar-refractivity contribution in [1.82, 2.24) is 10.6 Å². The molecule has 0 aliphatic carbocycles. The van der Waals surface area contributed by atoms with Crippen molar-refractivity contribution in [3.05, 3.63) is 29.3 Å². The molecule has 20 heavy (non-hydrogen) atoms. The molecule has 4 heteroatoms. The van der Waals surface area contributed by atoms with Gasteiger partial charge >= 0.3 is 0 Å². The largest absolute Gasteiger partial charge is 0.493 e. The maximum absolute atomic E-state index is 11.6. The quantitative estimate of drug-likeness (QED) is 0.806. The Hall–Kier alpha value is -1.55. The number of carbonyl (C=O) groups is 1. The number of hydrogen-bond acceptors (Lipinski definition) is 3. The van der Waals surface area contributed by atoms with Gasteiger partial charge in [-0.3, -0.25) is 4.79 Å². The van der Waals surface area contributed by atoms with Crippen LogP contribution in [0.4, 0.5) is 0 Å². The second-order valence-corrected chi connectivity index (χ2v) is 5.37. The summed E-state index contributed by atoms with van der Waals surface area (Å²) < 4.78 is 5.79. The zero-order valence-corrected chi connectivity index (χ0v) is 13.1. The van der Waals surface area contributed by atoms with E-state index < -0.39 is 0 Å². The maximum Gasteiger partial charge on any atom is 0.223 e. The lowest BCUT2D eigenvalue weighted by Crippen LogP contribution is -2.31. The molecule has 112 valence electrons. The third-order valence-corrected chi connectivity index (χ3v) is 3.10. The van der Waals surface area contributed by atoms with Crippen molar-refractivity contribution in [2.45, 2.75) is 46.2 Å². The highest BCUT2D eigenvalue weighted by Gasteiger charge is 2.11. The Morgan fingerprint density at radius 3 is 2.60 bits per heavy atom. The molecule has 0 heterocycles. The van der Waals surface area contributed by atoms with E-state index >= 15 is 0 Å². The Kier molecular flexibility index (Phi) is 6.52. The van der Waals surface area contributed by atoms with Crippen LogP contribution < -0.4 is 15.4 Å². The first kappa shape index (κ1) is 16.5. The Morgan fingerprint density at radius 1 is 1.30 bits per heavy atom. The topological polar surface area (TPSA) is 50.4 Å². The maximum atomic E-state index is 11.6. The fraction of sp³-hybridized carbons (Fsp3) is 0.562. The number of rotatable bonds is 7. The molecule has 0 aliphatic rings. The molecule has 0 saturated heterocycles. The lowest BCUT2D eigenvalue weighted by atomic mass is 10.1. The second-order valence-electron chi connectivity index (χ2n) is 5.37. The first-order valence-corrected chi connectivity index (χ1v) is 7.14. The summed E-state index contributed by atoms with van der Waals surface area (Å²) in [5.74, 6) is 0.875. The van der Waals surface area contributed by atoms with Gasteiger partial charge in [0.25, 0.3) is 0 Å². The molecule has 1 amide bonds. The van der Waals surface area contributed by atoms with Gasteiger partial charge in [0.05, 0.1) is 13.0 Å². The van der Waals surface area contributed by atoms with Gasteiger partial charge in [0.15, 0.2) is 0 Å². The van der Waals surface area contributed by atoms with Gasteiger partial charge in [-0.05, 0) is 46.4 Å². The minimum atomic E-state index is 0.0240. The van der Waals surface area contributed by atoms with Crippen LogP contribution in [0.15, 0.2) is 18.2 Å². The van der Waals surface area contributed by atoms with Crippen LogP contribution >= 0.6 is 0 Å². The van der Waals surface area contributed by atoms with Crippen LogP contribution in [-0.4, -0.2) is 25.6 Å². The highest BCUT2D eigenvalue weighted by atomic mass is 16.5. The Morgan fingerprint density at radius 2 is 2.00 bits per heavy atom. The van der Waals surface area contributed by atoms with Crippen molar-refractivity contribution in [3.8, 4) is 5.75 Å². The standard InChI is InChI=1S/C16H26N2O2/c1-11(2)18-16(19)8-9-20-15-10-12(3)6-7-14(15)13(4)17-5/h6-7,10-11,13,17H,8-9H2,1-5H3,(H,18,19). The van der Waals surface area contributed by atoms with E-state index in [0.717, 1.165) is 16.9 Å². The van der Waals surface area contributed by atoms with Gasteiger partial charge in [-0.25, -0.2) is 0 Å². The molecule has 0 spiro atoms. The van der Waals surface area contributed by atoms with Crippen LogP contribution in [0.5, 0.6) is 5.75 Å². The normalized spacial score (nSPS) is 12.3. The van der Waals surface area contributed by atoms with Crippen molar-refractivity contribution in [3.63, 3.8) is 0 Å². The number of hydrogen-bond donors (Lipinski definition) is 2. The Balaban J connectivity index is 2.62. The van der Waals surface area contributed by atoms with Crippen molar-refractivity contribution in [2.75, 3.05) is 13.7 Å². The minimum absolute atomic E-state index is 0.0240. The smallest absolute Gasteiger partial charge is 0.223 e. The predicted molar refractivity (Wildman–Crippen MR) is 82.0 cm³/mol. The van der Waals surface area contributed by atoms with Crippen molar-refractivity contribution in [2.24, 2.45) is 0 Å². The van der Waals surface area contributed by atoms with Crippen LogP contribution in [0.25, 0.3) is 0 Å². The summed E-state index contributed by atoms with van der Waals surface area (Å²) >= 11 is 0. The van der Waals surface area contributed by atoms with Gasteiger partial charge in [-0.15, -0.1) is 0 Å². The van der Waals surface area contributed by atoms with Gasteiger partial charge < -0.3 is 15.4 Å². The van der Waals surface area contributed by atoms with Crippen LogP contribution in [0.3, 0.4) is 0 Å². The average Bonchev–Trinajstić information content (AvgIpc) is 2.37. The molecule has 2 N–H and O–H groups in total. The van der Waals surface area contributed by atoms with E-state index in [1.54, 1.807) is 0 Å². The van der Waals surface area contributed by atoms with E-state index in [1.165, 1.54) is 0 Å². The molecule has 0 bridgehead atoms. The van der Waals surface area contributed by atoms with Gasteiger partial charge in [0, 0.05) is 17.6 Å². The molecule has 1 aromatic rings. The summed E-state index contributed by atoms with van der Waals surface area (Å²) in [4.78, 5) is 11.6.